The van der Waals surface area contributed by atoms with Crippen LogP contribution in [0, 0.1) is 17.8 Å². The maximum Gasteiger partial charge on any atom is 0.264 e. The van der Waals surface area contributed by atoms with Crippen LogP contribution in [-0.4, -0.2) is 43.9 Å². The number of carbonyl (C=O) groups is 1. The number of aliphatic hydroxyl groups excluding tert-OH is 1. The topological polar surface area (TPSA) is 95.9 Å². The van der Waals surface area contributed by atoms with Crippen LogP contribution < -0.4 is 14.4 Å². The minimum absolute atomic E-state index is 0.121. The first-order valence-corrected chi connectivity index (χ1v) is 19.8. The highest BCUT2D eigenvalue weighted by Gasteiger charge is 2.37. The standard InChI is InChI=1S/C39H55ClN2O5S/c1-5-8-10-16-37(43)35-21-18-32(35)26-42-23-12-11-15-30-24-34(40)20-17-33(30)27-47-38-22-19-31(25-36(38)42)39(44)41-48(45,46)28(4)29(13-7-3)14-9-6-2/h7,10,16-17,19-20,22,24-25,28-29,32,35,37,43H,3,5-6,8-9,11-15,18,21,23,26-27H2,1-2,4H3,(H,41,44)/b16-10+/t28-,29-,32+,35-,37+/m1/s1. The molecular weight excluding hydrogens is 644 g/mol. The molecule has 0 aromatic heterocycles. The minimum Gasteiger partial charge on any atom is -0.487 e. The molecular formula is C39H55ClN2O5S. The van der Waals surface area contributed by atoms with Gasteiger partial charge in [0.25, 0.3) is 5.91 Å². The van der Waals surface area contributed by atoms with Gasteiger partial charge in [-0.2, -0.15) is 0 Å². The molecule has 1 aliphatic carbocycles. The van der Waals surface area contributed by atoms with E-state index in [1.807, 2.05) is 24.3 Å². The molecule has 7 nitrogen and oxygen atoms in total. The van der Waals surface area contributed by atoms with E-state index < -0.39 is 27.3 Å². The summed E-state index contributed by atoms with van der Waals surface area (Å²) >= 11 is 6.35. The van der Waals surface area contributed by atoms with Gasteiger partial charge in [0.05, 0.1) is 17.0 Å². The Kier molecular flexibility index (Phi) is 14.5. The van der Waals surface area contributed by atoms with Gasteiger partial charge in [-0.25, -0.2) is 13.1 Å². The second kappa shape index (κ2) is 18.3. The molecule has 0 bridgehead atoms. The molecule has 2 aliphatic rings. The van der Waals surface area contributed by atoms with E-state index in [0.717, 1.165) is 82.0 Å². The van der Waals surface area contributed by atoms with Crippen molar-refractivity contribution in [1.82, 2.24) is 4.72 Å². The number of fused-ring (bicyclic) bond motifs is 2. The number of nitrogens with one attached hydrogen (secondary N) is 1. The second-order valence-corrected chi connectivity index (χ2v) is 16.1. The van der Waals surface area contributed by atoms with Crippen LogP contribution >= 0.6 is 11.6 Å². The van der Waals surface area contributed by atoms with Crippen molar-refractivity contribution in [2.24, 2.45) is 17.8 Å². The van der Waals surface area contributed by atoms with E-state index in [2.05, 4.69) is 36.1 Å². The Morgan fingerprint density at radius 3 is 2.67 bits per heavy atom. The Labute approximate surface area is 293 Å². The maximum absolute atomic E-state index is 13.6. The molecule has 5 atom stereocenters. The third-order valence-electron chi connectivity index (χ3n) is 10.2. The first-order valence-electron chi connectivity index (χ1n) is 17.9. The van der Waals surface area contributed by atoms with Gasteiger partial charge in [0, 0.05) is 23.7 Å². The molecule has 2 N–H and O–H groups in total. The molecule has 1 saturated carbocycles. The number of anilines is 1. The minimum atomic E-state index is -3.94. The van der Waals surface area contributed by atoms with Crippen molar-refractivity contribution < 1.29 is 23.1 Å². The van der Waals surface area contributed by atoms with Crippen molar-refractivity contribution in [2.75, 3.05) is 18.0 Å². The van der Waals surface area contributed by atoms with Crippen LogP contribution in [0.15, 0.2) is 61.2 Å². The number of aliphatic hydroxyl groups is 1. The first-order chi connectivity index (χ1) is 23.1. The van der Waals surface area contributed by atoms with Crippen molar-refractivity contribution in [3.8, 4) is 5.75 Å². The van der Waals surface area contributed by atoms with Gasteiger partial charge in [-0.15, -0.1) is 6.58 Å². The van der Waals surface area contributed by atoms with E-state index in [4.69, 9.17) is 16.3 Å². The van der Waals surface area contributed by atoms with Crippen molar-refractivity contribution in [1.29, 1.82) is 0 Å². The van der Waals surface area contributed by atoms with Gasteiger partial charge in [-0.3, -0.25) is 4.79 Å². The summed E-state index contributed by atoms with van der Waals surface area (Å²) in [5, 5.41) is 10.9. The van der Waals surface area contributed by atoms with E-state index in [1.54, 1.807) is 31.2 Å². The number of ether oxygens (including phenoxy) is 1. The maximum atomic E-state index is 13.6. The lowest BCUT2D eigenvalue weighted by Gasteiger charge is -2.42. The predicted octanol–water partition coefficient (Wildman–Crippen LogP) is 8.64. The first kappa shape index (κ1) is 38.0. The molecule has 2 aromatic rings. The van der Waals surface area contributed by atoms with E-state index >= 15 is 0 Å². The third-order valence-corrected chi connectivity index (χ3v) is 12.3. The average Bonchev–Trinajstić information content (AvgIpc) is 3.07. The molecule has 0 radical (unpaired) electrons. The molecule has 4 rings (SSSR count). The van der Waals surface area contributed by atoms with Gasteiger partial charge < -0.3 is 14.7 Å². The molecule has 2 aromatic carbocycles. The molecule has 0 unspecified atom stereocenters. The molecule has 1 aliphatic heterocycles. The monoisotopic (exact) mass is 698 g/mol. The van der Waals surface area contributed by atoms with Gasteiger partial charge >= 0.3 is 0 Å². The number of halogens is 1. The number of allylic oxidation sites excluding steroid dienone is 2. The number of carbonyl (C=O) groups excluding carboxylic acids is 1. The number of rotatable bonds is 15. The van der Waals surface area contributed by atoms with Crippen molar-refractivity contribution in [3.63, 3.8) is 0 Å². The molecule has 0 spiro atoms. The van der Waals surface area contributed by atoms with Gasteiger partial charge in [0.15, 0.2) is 0 Å². The van der Waals surface area contributed by atoms with Gasteiger partial charge in [0.2, 0.25) is 10.0 Å². The van der Waals surface area contributed by atoms with Crippen LogP contribution in [0.2, 0.25) is 5.02 Å². The normalized spacial score (nSPS) is 20.3. The molecule has 1 fully saturated rings. The lowest BCUT2D eigenvalue weighted by molar-refractivity contribution is 0.0461. The molecule has 264 valence electrons. The van der Waals surface area contributed by atoms with Gasteiger partial charge in [-0.05, 0) is 118 Å². The summed E-state index contributed by atoms with van der Waals surface area (Å²) in [6.45, 7) is 11.5. The quantitative estimate of drug-likeness (QED) is 0.181. The van der Waals surface area contributed by atoms with E-state index in [0.29, 0.717) is 30.3 Å². The second-order valence-electron chi connectivity index (χ2n) is 13.6. The summed E-state index contributed by atoms with van der Waals surface area (Å²) in [5.41, 5.74) is 3.27. The third kappa shape index (κ3) is 10.1. The number of nitrogens with zero attached hydrogens (tertiary/aromatic N) is 1. The highest BCUT2D eigenvalue weighted by atomic mass is 35.5. The molecule has 0 saturated heterocycles. The zero-order chi connectivity index (χ0) is 34.7. The predicted molar refractivity (Wildman–Crippen MR) is 197 cm³/mol. The van der Waals surface area contributed by atoms with Crippen LogP contribution in [-0.2, 0) is 23.1 Å². The number of hydrogen-bond acceptors (Lipinski definition) is 6. The zero-order valence-corrected chi connectivity index (χ0v) is 30.6. The summed E-state index contributed by atoms with van der Waals surface area (Å²) in [4.78, 5) is 15.9. The van der Waals surface area contributed by atoms with Gasteiger partial charge in [0.1, 0.15) is 12.4 Å². The van der Waals surface area contributed by atoms with Crippen LogP contribution in [0.3, 0.4) is 0 Å². The summed E-state index contributed by atoms with van der Waals surface area (Å²) in [6.07, 6.45) is 15.2. The largest absolute Gasteiger partial charge is 0.487 e. The van der Waals surface area contributed by atoms with Gasteiger partial charge in [-0.1, -0.05) is 69.0 Å². The van der Waals surface area contributed by atoms with Crippen LogP contribution in [0.1, 0.15) is 106 Å². The number of amides is 1. The number of hydrogen-bond donors (Lipinski definition) is 2. The Morgan fingerprint density at radius 1 is 1.15 bits per heavy atom. The van der Waals surface area contributed by atoms with E-state index in [9.17, 15) is 18.3 Å². The molecule has 1 amide bonds. The summed E-state index contributed by atoms with van der Waals surface area (Å²) < 4.78 is 35.8. The highest BCUT2D eigenvalue weighted by molar-refractivity contribution is 7.90. The Morgan fingerprint density at radius 2 is 1.96 bits per heavy atom. The molecule has 9 heteroatoms. The van der Waals surface area contributed by atoms with Crippen LogP contribution in [0.5, 0.6) is 5.75 Å². The zero-order valence-electron chi connectivity index (χ0n) is 29.0. The SMILES string of the molecule is C=CC[C@H](CCCC)[C@@H](C)S(=O)(=O)NC(=O)c1ccc2c(c1)N(C[C@@H]1CC[C@H]1[C@@H](O)/C=C/CCC)CCCCc1cc(Cl)ccc1CO2. The summed E-state index contributed by atoms with van der Waals surface area (Å²) in [7, 11) is -3.94. The number of benzene rings is 2. The summed E-state index contributed by atoms with van der Waals surface area (Å²) in [6, 6.07) is 11.1. The fourth-order valence-corrected chi connectivity index (χ4v) is 8.45. The lowest BCUT2D eigenvalue weighted by Crippen LogP contribution is -2.43. The molecule has 48 heavy (non-hydrogen) atoms. The van der Waals surface area contributed by atoms with E-state index in [1.165, 1.54) is 5.56 Å². The highest BCUT2D eigenvalue weighted by Crippen LogP contribution is 2.41. The molecule has 1 heterocycles. The van der Waals surface area contributed by atoms with Crippen LogP contribution in [0.4, 0.5) is 5.69 Å². The Hall–Kier alpha value is -2.81. The number of unbranched alkanes of at least 4 members (excludes halogenated alkanes) is 2. The average molecular weight is 699 g/mol. The Bertz CT molecular complexity index is 1510. The van der Waals surface area contributed by atoms with Crippen molar-refractivity contribution in [2.45, 2.75) is 109 Å². The van der Waals surface area contributed by atoms with Crippen molar-refractivity contribution >= 4 is 33.2 Å². The Balaban J connectivity index is 1.63. The van der Waals surface area contributed by atoms with Crippen LogP contribution in [0.25, 0.3) is 0 Å². The fourth-order valence-electron chi connectivity index (χ4n) is 6.94. The smallest absolute Gasteiger partial charge is 0.264 e. The van der Waals surface area contributed by atoms with E-state index in [-0.39, 0.29) is 23.3 Å². The lowest BCUT2D eigenvalue weighted by atomic mass is 9.70. The fraction of sp³-hybridized carbons (Fsp3) is 0.564. The number of aryl methyl sites for hydroxylation is 1. The number of sulfonamides is 1. The van der Waals surface area contributed by atoms with Crippen molar-refractivity contribution in [3.05, 3.63) is 82.9 Å². The summed E-state index contributed by atoms with van der Waals surface area (Å²) in [5.74, 6) is 0.315.